The monoisotopic (exact) mass is 500 g/mol. The first-order valence-corrected chi connectivity index (χ1v) is 8.83. The smallest absolute Gasteiger partial charge is 0.403 e. The zero-order valence-corrected chi connectivity index (χ0v) is 18.3. The molecule has 9 heteroatoms. The second kappa shape index (κ2) is 10.9. The molecule has 1 aromatic rings. The summed E-state index contributed by atoms with van der Waals surface area (Å²) in [5.74, 6) is 1.51. The van der Waals surface area contributed by atoms with Crippen LogP contribution in [0.15, 0.2) is 29.3 Å². The van der Waals surface area contributed by atoms with Gasteiger partial charge in [-0.1, -0.05) is 18.2 Å². The highest BCUT2D eigenvalue weighted by Crippen LogP contribution is 2.25. The van der Waals surface area contributed by atoms with Crippen LogP contribution in [0.3, 0.4) is 0 Å². The lowest BCUT2D eigenvalue weighted by molar-refractivity contribution is -0.181. The summed E-state index contributed by atoms with van der Waals surface area (Å²) in [6.07, 6.45) is -4.19. The number of piperazine rings is 1. The highest BCUT2D eigenvalue weighted by Gasteiger charge is 2.41. The summed E-state index contributed by atoms with van der Waals surface area (Å²) in [6, 6.07) is 6.34. The number of nitrogens with one attached hydrogen (secondary N) is 1. The van der Waals surface area contributed by atoms with Gasteiger partial charge in [-0.2, -0.15) is 13.2 Å². The van der Waals surface area contributed by atoms with Crippen LogP contribution in [0.2, 0.25) is 0 Å². The van der Waals surface area contributed by atoms with Gasteiger partial charge in [0, 0.05) is 45.3 Å². The fourth-order valence-electron chi connectivity index (χ4n) is 2.98. The van der Waals surface area contributed by atoms with Crippen molar-refractivity contribution in [1.82, 2.24) is 15.1 Å². The van der Waals surface area contributed by atoms with Gasteiger partial charge in [0.05, 0.1) is 6.61 Å². The van der Waals surface area contributed by atoms with E-state index in [0.29, 0.717) is 45.3 Å². The maximum atomic E-state index is 12.9. The number of hydrogen-bond donors (Lipinski definition) is 1. The minimum Gasteiger partial charge on any atom is -0.494 e. The first kappa shape index (κ1) is 23.8. The van der Waals surface area contributed by atoms with E-state index in [1.165, 1.54) is 11.8 Å². The molecular formula is C18H28F3IN4O. The molecule has 1 fully saturated rings. The van der Waals surface area contributed by atoms with E-state index in [0.717, 1.165) is 11.3 Å². The third-order valence-corrected chi connectivity index (χ3v) is 4.56. The van der Waals surface area contributed by atoms with Crippen LogP contribution >= 0.6 is 24.0 Å². The summed E-state index contributed by atoms with van der Waals surface area (Å²) < 4.78 is 44.2. The standard InChI is InChI=1S/C18H27F3N4O.HI/c1-4-26-16-8-6-5-7-15(16)13-23-17(22-3)25-11-9-24(10-12-25)14(2)18(19,20)21;/h5-8,14H,4,9-13H2,1-3H3,(H,22,23);1H. The molecule has 5 nitrogen and oxygen atoms in total. The molecule has 2 rings (SSSR count). The number of nitrogens with zero attached hydrogens (tertiary/aromatic N) is 3. The van der Waals surface area contributed by atoms with E-state index in [4.69, 9.17) is 4.74 Å². The maximum absolute atomic E-state index is 12.9. The van der Waals surface area contributed by atoms with Gasteiger partial charge in [-0.05, 0) is 19.9 Å². The molecule has 0 amide bonds. The van der Waals surface area contributed by atoms with Crippen LogP contribution in [0, 0.1) is 0 Å². The second-order valence-corrected chi connectivity index (χ2v) is 6.18. The fourth-order valence-corrected chi connectivity index (χ4v) is 2.98. The number of guanidine groups is 1. The molecule has 1 saturated heterocycles. The van der Waals surface area contributed by atoms with E-state index in [-0.39, 0.29) is 24.0 Å². The minimum atomic E-state index is -4.19. The molecule has 0 radical (unpaired) electrons. The molecule has 27 heavy (non-hydrogen) atoms. The average molecular weight is 500 g/mol. The molecule has 1 aromatic carbocycles. The second-order valence-electron chi connectivity index (χ2n) is 6.18. The van der Waals surface area contributed by atoms with Crippen molar-refractivity contribution in [2.45, 2.75) is 32.6 Å². The molecule has 1 heterocycles. The van der Waals surface area contributed by atoms with E-state index < -0.39 is 12.2 Å². The Labute approximate surface area is 176 Å². The zero-order valence-electron chi connectivity index (χ0n) is 15.9. The van der Waals surface area contributed by atoms with Crippen molar-refractivity contribution in [3.63, 3.8) is 0 Å². The zero-order chi connectivity index (χ0) is 19.2. The topological polar surface area (TPSA) is 40.1 Å². The Morgan fingerprint density at radius 3 is 2.41 bits per heavy atom. The van der Waals surface area contributed by atoms with E-state index in [2.05, 4.69) is 10.3 Å². The van der Waals surface area contributed by atoms with Crippen LogP contribution in [-0.4, -0.2) is 67.8 Å². The van der Waals surface area contributed by atoms with Gasteiger partial charge in [0.1, 0.15) is 11.8 Å². The predicted molar refractivity (Wildman–Crippen MR) is 112 cm³/mol. The number of halogens is 4. The van der Waals surface area contributed by atoms with E-state index in [9.17, 15) is 13.2 Å². The molecule has 1 atom stereocenters. The Morgan fingerprint density at radius 2 is 1.85 bits per heavy atom. The number of para-hydroxylation sites is 1. The van der Waals surface area contributed by atoms with Gasteiger partial charge in [-0.3, -0.25) is 9.89 Å². The first-order chi connectivity index (χ1) is 12.4. The molecule has 0 bridgehead atoms. The Morgan fingerprint density at radius 1 is 1.22 bits per heavy atom. The number of aliphatic imine (C=N–C) groups is 1. The summed E-state index contributed by atoms with van der Waals surface area (Å²) in [7, 11) is 1.68. The summed E-state index contributed by atoms with van der Waals surface area (Å²) in [5.41, 5.74) is 1.01. The van der Waals surface area contributed by atoms with Crippen molar-refractivity contribution in [2.75, 3.05) is 39.8 Å². The maximum Gasteiger partial charge on any atom is 0.403 e. The average Bonchev–Trinajstić information content (AvgIpc) is 2.63. The lowest BCUT2D eigenvalue weighted by atomic mass is 10.2. The summed E-state index contributed by atoms with van der Waals surface area (Å²) in [4.78, 5) is 7.73. The molecule has 0 aromatic heterocycles. The Kier molecular flexibility index (Phi) is 9.65. The van der Waals surface area contributed by atoms with Crippen molar-refractivity contribution in [3.05, 3.63) is 29.8 Å². The molecule has 0 saturated carbocycles. The van der Waals surface area contributed by atoms with Gasteiger partial charge in [-0.15, -0.1) is 24.0 Å². The van der Waals surface area contributed by atoms with Gasteiger partial charge in [0.2, 0.25) is 0 Å². The van der Waals surface area contributed by atoms with E-state index in [1.54, 1.807) is 7.05 Å². The molecule has 0 aliphatic carbocycles. The molecule has 1 aliphatic heterocycles. The van der Waals surface area contributed by atoms with Crippen molar-refractivity contribution in [3.8, 4) is 5.75 Å². The van der Waals surface area contributed by atoms with Gasteiger partial charge in [0.25, 0.3) is 0 Å². The largest absolute Gasteiger partial charge is 0.494 e. The number of rotatable bonds is 5. The lowest BCUT2D eigenvalue weighted by Crippen LogP contribution is -2.56. The van der Waals surface area contributed by atoms with E-state index >= 15 is 0 Å². The molecular weight excluding hydrogens is 472 g/mol. The molecule has 1 aliphatic rings. The van der Waals surface area contributed by atoms with Crippen LogP contribution in [0.1, 0.15) is 19.4 Å². The quantitative estimate of drug-likeness (QED) is 0.383. The van der Waals surface area contributed by atoms with E-state index in [1.807, 2.05) is 36.1 Å². The van der Waals surface area contributed by atoms with Crippen LogP contribution in [0.5, 0.6) is 5.75 Å². The normalized spacial score (nSPS) is 17.3. The van der Waals surface area contributed by atoms with Gasteiger partial charge in [-0.25, -0.2) is 0 Å². The molecule has 1 unspecified atom stereocenters. The summed E-state index contributed by atoms with van der Waals surface area (Å²) in [5, 5.41) is 3.28. The number of ether oxygens (including phenoxy) is 1. The highest BCUT2D eigenvalue weighted by atomic mass is 127. The Hall–Kier alpha value is -1.23. The lowest BCUT2D eigenvalue weighted by Gasteiger charge is -2.39. The van der Waals surface area contributed by atoms with Crippen LogP contribution in [0.4, 0.5) is 13.2 Å². The van der Waals surface area contributed by atoms with Crippen molar-refractivity contribution < 1.29 is 17.9 Å². The highest BCUT2D eigenvalue weighted by molar-refractivity contribution is 14.0. The van der Waals surface area contributed by atoms with Crippen LogP contribution in [0.25, 0.3) is 0 Å². The van der Waals surface area contributed by atoms with Gasteiger partial charge in [0.15, 0.2) is 5.96 Å². The Balaban J connectivity index is 0.00000364. The minimum absolute atomic E-state index is 0. The Bertz CT molecular complexity index is 605. The molecule has 154 valence electrons. The fraction of sp³-hybridized carbons (Fsp3) is 0.611. The first-order valence-electron chi connectivity index (χ1n) is 8.83. The third kappa shape index (κ3) is 6.70. The van der Waals surface area contributed by atoms with Crippen molar-refractivity contribution in [1.29, 1.82) is 0 Å². The van der Waals surface area contributed by atoms with Crippen LogP contribution in [-0.2, 0) is 6.54 Å². The van der Waals surface area contributed by atoms with Crippen molar-refractivity contribution in [2.24, 2.45) is 4.99 Å². The number of hydrogen-bond acceptors (Lipinski definition) is 3. The predicted octanol–water partition coefficient (Wildman–Crippen LogP) is 3.35. The van der Waals surface area contributed by atoms with Crippen LogP contribution < -0.4 is 10.1 Å². The number of benzene rings is 1. The molecule has 0 spiro atoms. The summed E-state index contributed by atoms with van der Waals surface area (Å²) in [6.45, 7) is 6.01. The van der Waals surface area contributed by atoms with Gasteiger partial charge < -0.3 is 15.0 Å². The van der Waals surface area contributed by atoms with Crippen molar-refractivity contribution >= 4 is 29.9 Å². The SMILES string of the molecule is CCOc1ccccc1CNC(=NC)N1CCN(C(C)C(F)(F)F)CC1.I. The number of alkyl halides is 3. The molecule has 1 N–H and O–H groups in total. The summed E-state index contributed by atoms with van der Waals surface area (Å²) >= 11 is 0. The third-order valence-electron chi connectivity index (χ3n) is 4.56. The van der Waals surface area contributed by atoms with Gasteiger partial charge >= 0.3 is 6.18 Å².